The van der Waals surface area contributed by atoms with Crippen molar-refractivity contribution in [1.82, 2.24) is 19.5 Å². The summed E-state index contributed by atoms with van der Waals surface area (Å²) in [7, 11) is -4.51. The van der Waals surface area contributed by atoms with E-state index < -0.39 is 58.4 Å². The number of aliphatic hydroxyl groups excluding tert-OH is 1. The molecule has 1 amide bonds. The van der Waals surface area contributed by atoms with Crippen LogP contribution in [-0.4, -0.2) is 77.9 Å². The molecule has 1 unspecified atom stereocenters. The first-order chi connectivity index (χ1) is 23.7. The number of halogens is 3. The zero-order valence-corrected chi connectivity index (χ0v) is 27.3. The lowest BCUT2D eigenvalue weighted by atomic mass is 10.1. The van der Waals surface area contributed by atoms with Crippen molar-refractivity contribution < 1.29 is 55.6 Å². The maximum Gasteiger partial charge on any atom is 0.435 e. The van der Waals surface area contributed by atoms with Crippen molar-refractivity contribution in [2.75, 3.05) is 26.3 Å². The molecule has 1 atom stereocenters. The molecular weight excluding hydrogens is 689 g/mol. The van der Waals surface area contributed by atoms with Gasteiger partial charge in [0, 0.05) is 12.5 Å². The molecule has 0 aliphatic carbocycles. The minimum absolute atomic E-state index is 0.0792. The second-order valence-electron chi connectivity index (χ2n) is 10.4. The van der Waals surface area contributed by atoms with Gasteiger partial charge in [0.25, 0.3) is 16.3 Å². The van der Waals surface area contributed by atoms with Crippen molar-refractivity contribution in [3.63, 3.8) is 0 Å². The average Bonchev–Trinajstić information content (AvgIpc) is 3.54. The Bertz CT molecular complexity index is 1900. The lowest BCUT2D eigenvalue weighted by molar-refractivity contribution is -0.713. The van der Waals surface area contributed by atoms with Gasteiger partial charge in [-0.15, -0.1) is 5.01 Å². The van der Waals surface area contributed by atoms with Crippen molar-refractivity contribution in [3.8, 4) is 16.9 Å². The second kappa shape index (κ2) is 16.1. The van der Waals surface area contributed by atoms with E-state index in [0.29, 0.717) is 5.56 Å². The van der Waals surface area contributed by atoms with Crippen molar-refractivity contribution in [2.45, 2.75) is 31.2 Å². The molecule has 3 aromatic carbocycles. The van der Waals surface area contributed by atoms with E-state index in [1.165, 1.54) is 31.2 Å². The number of sulfonamides is 1. The maximum atomic E-state index is 13.5. The van der Waals surface area contributed by atoms with E-state index in [-0.39, 0.29) is 35.0 Å². The largest absolute Gasteiger partial charge is 0.569 e. The highest BCUT2D eigenvalue weighted by atomic mass is 32.2. The van der Waals surface area contributed by atoms with E-state index in [1.807, 2.05) is 6.92 Å². The highest BCUT2D eigenvalue weighted by Gasteiger charge is 2.35. The number of amides is 1. The normalized spacial score (nSPS) is 12.6. The maximum absolute atomic E-state index is 13.5. The first-order valence-corrected chi connectivity index (χ1v) is 16.2. The Balaban J connectivity index is 1.35. The fraction of sp³-hybridized carbons (Fsp3) is 0.258. The quantitative estimate of drug-likeness (QED) is 0.0610. The molecule has 0 bridgehead atoms. The van der Waals surface area contributed by atoms with Gasteiger partial charge in [0.05, 0.1) is 33.4 Å². The standard InChI is InChI=1S/C31H31F3N6O9S/c1-21-8-10-23(11-9-21)27-20-28(31(32,33)34)35-39(27)25-12-14-26(15-13-25)50(45,46)36-30(43)47-19-17-38(16-18-41)40(44)37-49-22(2)48-29(42)24-6-4-3-5-7-24/h3-15,20,22,41H,16-19H2,1-2H3,(H,36,43). The van der Waals surface area contributed by atoms with Crippen molar-refractivity contribution in [3.05, 3.63) is 107 Å². The molecule has 0 saturated heterocycles. The number of carbonyl (C=O) groups is 2. The van der Waals surface area contributed by atoms with Crippen LogP contribution in [-0.2, 0) is 30.5 Å². The highest BCUT2D eigenvalue weighted by molar-refractivity contribution is 7.90. The number of hydrogen-bond donors (Lipinski definition) is 2. The summed E-state index contributed by atoms with van der Waals surface area (Å²) in [5.74, 6) is -0.729. The summed E-state index contributed by atoms with van der Waals surface area (Å²) in [4.78, 5) is 28.8. The van der Waals surface area contributed by atoms with Crippen molar-refractivity contribution in [1.29, 1.82) is 0 Å². The number of esters is 1. The number of rotatable bonds is 14. The van der Waals surface area contributed by atoms with Crippen LogP contribution in [0, 0.1) is 12.1 Å². The van der Waals surface area contributed by atoms with E-state index >= 15 is 0 Å². The van der Waals surface area contributed by atoms with Crippen LogP contribution in [0.15, 0.2) is 95.1 Å². The van der Waals surface area contributed by atoms with Gasteiger partial charge in [-0.25, -0.2) is 27.4 Å². The topological polar surface area (TPSA) is 188 Å². The fourth-order valence-electron chi connectivity index (χ4n) is 4.23. The van der Waals surface area contributed by atoms with Gasteiger partial charge in [0.2, 0.25) is 5.28 Å². The molecule has 1 aromatic heterocycles. The Labute approximate surface area is 283 Å². The zero-order chi connectivity index (χ0) is 36.5. The van der Waals surface area contributed by atoms with Crippen LogP contribution in [0.2, 0.25) is 0 Å². The Kier molecular flexibility index (Phi) is 12.0. The molecule has 4 aromatic rings. The van der Waals surface area contributed by atoms with Gasteiger partial charge in [0.1, 0.15) is 19.7 Å². The van der Waals surface area contributed by atoms with Crippen LogP contribution in [0.25, 0.3) is 16.9 Å². The molecule has 0 radical (unpaired) electrons. The number of hydrogen-bond acceptors (Lipinski definition) is 11. The number of carbonyl (C=O) groups excluding carboxylic acids is 2. The molecule has 4 rings (SSSR count). The number of nitrogens with zero attached hydrogens (tertiary/aromatic N) is 5. The average molecular weight is 721 g/mol. The SMILES string of the molecule is Cc1ccc(-c2cc(C(F)(F)F)nn2-c2ccc(S(=O)(=O)NC(=O)OCCN(CCO)[N+]([O-])=NOC(C)OC(=O)c3ccccc3)cc2)cc1. The Hall–Kier alpha value is -5.69. The van der Waals surface area contributed by atoms with E-state index in [4.69, 9.17) is 14.3 Å². The van der Waals surface area contributed by atoms with E-state index in [2.05, 4.69) is 10.4 Å². The summed E-state index contributed by atoms with van der Waals surface area (Å²) in [6, 6.07) is 20.1. The van der Waals surface area contributed by atoms with Crippen LogP contribution >= 0.6 is 0 Å². The third kappa shape index (κ3) is 9.92. The first-order valence-electron chi connectivity index (χ1n) is 14.7. The monoisotopic (exact) mass is 720 g/mol. The summed E-state index contributed by atoms with van der Waals surface area (Å²) in [6.45, 7) is 1.39. The minimum Gasteiger partial charge on any atom is -0.569 e. The first kappa shape index (κ1) is 37.1. The van der Waals surface area contributed by atoms with Crippen LogP contribution in [0.1, 0.15) is 28.5 Å². The second-order valence-corrected chi connectivity index (χ2v) is 12.1. The van der Waals surface area contributed by atoms with E-state index in [0.717, 1.165) is 33.5 Å². The Morgan fingerprint density at radius 1 is 1.06 bits per heavy atom. The van der Waals surface area contributed by atoms with E-state index in [9.17, 15) is 41.5 Å². The number of aromatic nitrogens is 2. The highest BCUT2D eigenvalue weighted by Crippen LogP contribution is 2.33. The smallest absolute Gasteiger partial charge is 0.435 e. The molecule has 2 N–H and O–H groups in total. The predicted octanol–water partition coefficient (Wildman–Crippen LogP) is 4.59. The van der Waals surface area contributed by atoms with Crippen molar-refractivity contribution >= 4 is 22.1 Å². The van der Waals surface area contributed by atoms with Gasteiger partial charge in [0.15, 0.2) is 5.69 Å². The van der Waals surface area contributed by atoms with Gasteiger partial charge in [-0.1, -0.05) is 48.0 Å². The molecule has 266 valence electrons. The molecule has 1 heterocycles. The number of benzene rings is 3. The Morgan fingerprint density at radius 3 is 2.34 bits per heavy atom. The molecular formula is C31H31F3N6O9S. The van der Waals surface area contributed by atoms with E-state index in [1.54, 1.807) is 47.2 Å². The van der Waals surface area contributed by atoms with Gasteiger partial charge >= 0.3 is 18.2 Å². The number of nitrogens with one attached hydrogen (secondary N) is 1. The number of ether oxygens (including phenoxy) is 2. The zero-order valence-electron chi connectivity index (χ0n) is 26.5. The summed E-state index contributed by atoms with van der Waals surface area (Å²) < 4.78 is 78.8. The summed E-state index contributed by atoms with van der Waals surface area (Å²) in [6.07, 6.45) is -7.42. The van der Waals surface area contributed by atoms with Crippen molar-refractivity contribution in [2.24, 2.45) is 5.28 Å². The molecule has 0 spiro atoms. The summed E-state index contributed by atoms with van der Waals surface area (Å²) >= 11 is 0. The number of aryl methyl sites for hydroxylation is 1. The summed E-state index contributed by atoms with van der Waals surface area (Å²) in [5, 5.41) is 29.4. The van der Waals surface area contributed by atoms with Gasteiger partial charge < -0.3 is 19.8 Å². The predicted molar refractivity (Wildman–Crippen MR) is 168 cm³/mol. The lowest BCUT2D eigenvalue weighted by Crippen LogP contribution is -2.38. The molecule has 0 aliphatic heterocycles. The number of alkyl halides is 3. The number of hydrazine groups is 1. The van der Waals surface area contributed by atoms with Crippen LogP contribution in [0.5, 0.6) is 0 Å². The molecule has 19 heteroatoms. The summed E-state index contributed by atoms with van der Waals surface area (Å²) in [5.41, 5.74) is 0.651. The third-order valence-electron chi connectivity index (χ3n) is 6.69. The van der Waals surface area contributed by atoms with Crippen LogP contribution < -0.4 is 4.72 Å². The van der Waals surface area contributed by atoms with Gasteiger partial charge in [-0.2, -0.15) is 18.3 Å². The third-order valence-corrected chi connectivity index (χ3v) is 8.02. The fourth-order valence-corrected chi connectivity index (χ4v) is 5.12. The molecule has 0 fully saturated rings. The molecule has 0 aliphatic rings. The molecule has 50 heavy (non-hydrogen) atoms. The van der Waals surface area contributed by atoms with Crippen LogP contribution in [0.4, 0.5) is 18.0 Å². The minimum atomic E-state index is -4.74. The number of aliphatic hydroxyl groups is 1. The molecule has 0 saturated carbocycles. The molecule has 15 nitrogen and oxygen atoms in total. The lowest BCUT2D eigenvalue weighted by Gasteiger charge is -2.17. The van der Waals surface area contributed by atoms with Crippen LogP contribution in [0.3, 0.4) is 0 Å². The van der Waals surface area contributed by atoms with Gasteiger partial charge in [-0.05, 0) is 49.4 Å². The van der Waals surface area contributed by atoms with Gasteiger partial charge in [-0.3, -0.25) is 4.84 Å². The Morgan fingerprint density at radius 2 is 1.72 bits per heavy atom.